The highest BCUT2D eigenvalue weighted by molar-refractivity contribution is 5.67. The summed E-state index contributed by atoms with van der Waals surface area (Å²) in [5.74, 6) is 0. The van der Waals surface area contributed by atoms with Gasteiger partial charge in [-0.1, -0.05) is 12.1 Å². The number of benzene rings is 1. The number of hydrogen-bond acceptors (Lipinski definition) is 3. The van der Waals surface area contributed by atoms with E-state index in [9.17, 15) is 4.79 Å². The van der Waals surface area contributed by atoms with Crippen molar-refractivity contribution in [1.82, 2.24) is 4.90 Å². The minimum atomic E-state index is -0.838. The Morgan fingerprint density at radius 3 is 3.00 bits per heavy atom. The SMILES string of the molecule is Nc1ccccc1NC[C@H]1CCCN1C(=O)O. The molecule has 5 nitrogen and oxygen atoms in total. The van der Waals surface area contributed by atoms with E-state index in [1.165, 1.54) is 4.90 Å². The van der Waals surface area contributed by atoms with Crippen LogP contribution in [0.15, 0.2) is 24.3 Å². The fourth-order valence-electron chi connectivity index (χ4n) is 2.19. The van der Waals surface area contributed by atoms with E-state index in [1.807, 2.05) is 24.3 Å². The summed E-state index contributed by atoms with van der Waals surface area (Å²) >= 11 is 0. The second-order valence-electron chi connectivity index (χ2n) is 4.24. The van der Waals surface area contributed by atoms with Crippen LogP contribution in [-0.4, -0.2) is 35.2 Å². The van der Waals surface area contributed by atoms with Crippen LogP contribution < -0.4 is 11.1 Å². The van der Waals surface area contributed by atoms with Gasteiger partial charge in [-0.15, -0.1) is 0 Å². The number of likely N-dealkylation sites (tertiary alicyclic amines) is 1. The number of nitrogen functional groups attached to an aromatic ring is 1. The number of carboxylic acid groups (broad SMARTS) is 1. The van der Waals surface area contributed by atoms with Crippen LogP contribution in [0.3, 0.4) is 0 Å². The normalized spacial score (nSPS) is 19.3. The van der Waals surface area contributed by atoms with Crippen molar-refractivity contribution in [2.45, 2.75) is 18.9 Å². The van der Waals surface area contributed by atoms with Gasteiger partial charge in [-0.3, -0.25) is 0 Å². The van der Waals surface area contributed by atoms with Crippen LogP contribution in [0.2, 0.25) is 0 Å². The zero-order chi connectivity index (χ0) is 12.3. The summed E-state index contributed by atoms with van der Waals surface area (Å²) in [7, 11) is 0. The maximum atomic E-state index is 11.0. The van der Waals surface area contributed by atoms with E-state index in [0.29, 0.717) is 18.8 Å². The number of carbonyl (C=O) groups is 1. The number of hydrogen-bond donors (Lipinski definition) is 3. The molecule has 0 bridgehead atoms. The lowest BCUT2D eigenvalue weighted by atomic mass is 10.2. The first-order valence-electron chi connectivity index (χ1n) is 5.76. The van der Waals surface area contributed by atoms with E-state index in [1.54, 1.807) is 0 Å². The molecule has 0 aromatic heterocycles. The van der Waals surface area contributed by atoms with E-state index >= 15 is 0 Å². The quantitative estimate of drug-likeness (QED) is 0.698. The van der Waals surface area contributed by atoms with Crippen molar-refractivity contribution < 1.29 is 9.90 Å². The zero-order valence-corrected chi connectivity index (χ0v) is 9.60. The molecule has 1 aliphatic heterocycles. The Kier molecular flexibility index (Phi) is 3.37. The highest BCUT2D eigenvalue weighted by atomic mass is 16.4. The lowest BCUT2D eigenvalue weighted by Crippen LogP contribution is -2.38. The van der Waals surface area contributed by atoms with Crippen LogP contribution in [0.4, 0.5) is 16.2 Å². The third kappa shape index (κ3) is 2.61. The molecule has 1 aromatic carbocycles. The Hall–Kier alpha value is -1.91. The molecule has 1 atom stereocenters. The molecule has 0 spiro atoms. The van der Waals surface area contributed by atoms with Crippen LogP contribution in [0.5, 0.6) is 0 Å². The minimum Gasteiger partial charge on any atom is -0.465 e. The molecular weight excluding hydrogens is 218 g/mol. The molecule has 0 saturated carbocycles. The predicted molar refractivity (Wildman–Crippen MR) is 67.1 cm³/mol. The van der Waals surface area contributed by atoms with E-state index in [-0.39, 0.29) is 6.04 Å². The first-order valence-corrected chi connectivity index (χ1v) is 5.76. The first-order chi connectivity index (χ1) is 8.18. The van der Waals surface area contributed by atoms with Gasteiger partial charge in [-0.05, 0) is 25.0 Å². The number of rotatable bonds is 3. The number of para-hydroxylation sites is 2. The van der Waals surface area contributed by atoms with Gasteiger partial charge in [-0.25, -0.2) is 4.79 Å². The minimum absolute atomic E-state index is 0.0482. The van der Waals surface area contributed by atoms with E-state index < -0.39 is 6.09 Å². The molecule has 0 radical (unpaired) electrons. The molecule has 1 saturated heterocycles. The summed E-state index contributed by atoms with van der Waals surface area (Å²) in [4.78, 5) is 12.5. The third-order valence-corrected chi connectivity index (χ3v) is 3.11. The third-order valence-electron chi connectivity index (χ3n) is 3.11. The van der Waals surface area contributed by atoms with Crippen molar-refractivity contribution in [3.05, 3.63) is 24.3 Å². The van der Waals surface area contributed by atoms with Crippen LogP contribution in [-0.2, 0) is 0 Å². The molecule has 2 rings (SSSR count). The number of nitrogens with one attached hydrogen (secondary N) is 1. The first kappa shape index (κ1) is 11.6. The van der Waals surface area contributed by atoms with Crippen LogP contribution in [0.1, 0.15) is 12.8 Å². The zero-order valence-electron chi connectivity index (χ0n) is 9.60. The van der Waals surface area contributed by atoms with Gasteiger partial charge < -0.3 is 21.1 Å². The van der Waals surface area contributed by atoms with E-state index in [0.717, 1.165) is 18.5 Å². The Morgan fingerprint density at radius 1 is 1.53 bits per heavy atom. The Morgan fingerprint density at radius 2 is 2.29 bits per heavy atom. The molecule has 1 heterocycles. The summed E-state index contributed by atoms with van der Waals surface area (Å²) < 4.78 is 0. The summed E-state index contributed by atoms with van der Waals surface area (Å²) in [5.41, 5.74) is 7.36. The Bertz CT molecular complexity index is 408. The monoisotopic (exact) mass is 235 g/mol. The fraction of sp³-hybridized carbons (Fsp3) is 0.417. The number of amides is 1. The topological polar surface area (TPSA) is 78.6 Å². The molecule has 5 heteroatoms. The average Bonchev–Trinajstić information content (AvgIpc) is 2.76. The lowest BCUT2D eigenvalue weighted by Gasteiger charge is -2.22. The molecule has 1 aromatic rings. The molecule has 1 fully saturated rings. The van der Waals surface area contributed by atoms with Crippen molar-refractivity contribution in [2.24, 2.45) is 0 Å². The van der Waals surface area contributed by atoms with Crippen molar-refractivity contribution >= 4 is 17.5 Å². The Labute approximate surface area is 100 Å². The van der Waals surface area contributed by atoms with E-state index in [4.69, 9.17) is 10.8 Å². The lowest BCUT2D eigenvalue weighted by molar-refractivity contribution is 0.142. The summed E-state index contributed by atoms with van der Waals surface area (Å²) in [6, 6.07) is 7.55. The van der Waals surface area contributed by atoms with Gasteiger partial charge in [0.15, 0.2) is 0 Å². The maximum absolute atomic E-state index is 11.0. The molecule has 1 aliphatic rings. The number of anilines is 2. The molecule has 4 N–H and O–H groups in total. The Balaban J connectivity index is 1.94. The van der Waals surface area contributed by atoms with Crippen molar-refractivity contribution in [3.63, 3.8) is 0 Å². The number of nitrogens with two attached hydrogens (primary N) is 1. The summed E-state index contributed by atoms with van der Waals surface area (Å²) in [5, 5.41) is 12.2. The standard InChI is InChI=1S/C12H17N3O2/c13-10-5-1-2-6-11(10)14-8-9-4-3-7-15(9)12(16)17/h1-2,5-6,9,14H,3-4,7-8,13H2,(H,16,17)/t9-/m1/s1. The predicted octanol–water partition coefficient (Wildman–Crippen LogP) is 1.82. The molecule has 92 valence electrons. The van der Waals surface area contributed by atoms with Crippen LogP contribution in [0, 0.1) is 0 Å². The number of nitrogens with zero attached hydrogens (tertiary/aromatic N) is 1. The highest BCUT2D eigenvalue weighted by Gasteiger charge is 2.27. The molecule has 0 aliphatic carbocycles. The van der Waals surface area contributed by atoms with Gasteiger partial charge in [-0.2, -0.15) is 0 Å². The van der Waals surface area contributed by atoms with Crippen LogP contribution in [0.25, 0.3) is 0 Å². The smallest absolute Gasteiger partial charge is 0.407 e. The average molecular weight is 235 g/mol. The van der Waals surface area contributed by atoms with Crippen molar-refractivity contribution in [3.8, 4) is 0 Å². The van der Waals surface area contributed by atoms with Gasteiger partial charge in [0.2, 0.25) is 0 Å². The molecule has 0 unspecified atom stereocenters. The van der Waals surface area contributed by atoms with Gasteiger partial charge >= 0.3 is 6.09 Å². The van der Waals surface area contributed by atoms with Gasteiger partial charge in [0.1, 0.15) is 0 Å². The fourth-order valence-corrected chi connectivity index (χ4v) is 2.19. The highest BCUT2D eigenvalue weighted by Crippen LogP contribution is 2.20. The maximum Gasteiger partial charge on any atom is 0.407 e. The van der Waals surface area contributed by atoms with Gasteiger partial charge in [0.25, 0.3) is 0 Å². The second kappa shape index (κ2) is 4.95. The summed E-state index contributed by atoms with van der Waals surface area (Å²) in [6.45, 7) is 1.24. The van der Waals surface area contributed by atoms with Crippen LogP contribution >= 0.6 is 0 Å². The van der Waals surface area contributed by atoms with Crippen molar-refractivity contribution in [1.29, 1.82) is 0 Å². The largest absolute Gasteiger partial charge is 0.465 e. The second-order valence-corrected chi connectivity index (χ2v) is 4.24. The molecular formula is C12H17N3O2. The summed E-state index contributed by atoms with van der Waals surface area (Å²) in [6.07, 6.45) is 1.00. The van der Waals surface area contributed by atoms with Gasteiger partial charge in [0.05, 0.1) is 17.4 Å². The molecule has 17 heavy (non-hydrogen) atoms. The van der Waals surface area contributed by atoms with Gasteiger partial charge in [0, 0.05) is 13.1 Å². The van der Waals surface area contributed by atoms with E-state index in [2.05, 4.69) is 5.32 Å². The molecule has 1 amide bonds. The van der Waals surface area contributed by atoms with Crippen molar-refractivity contribution in [2.75, 3.05) is 24.1 Å².